The molecule has 11 heavy (non-hydrogen) atoms. The summed E-state index contributed by atoms with van der Waals surface area (Å²) < 4.78 is 25.6. The van der Waals surface area contributed by atoms with Crippen LogP contribution in [0.2, 0.25) is 5.02 Å². The summed E-state index contributed by atoms with van der Waals surface area (Å²) in [6.45, 7) is 0. The highest BCUT2D eigenvalue weighted by Gasteiger charge is 2.12. The standard InChI is InChI=1S/C6HBrClF2I/c7-4-3(9)1-2(8)6(11)5(4)10/h1H. The molecule has 0 aliphatic rings. The third kappa shape index (κ3) is 1.84. The Bertz CT molecular complexity index is 277. The molecule has 60 valence electrons. The molecule has 1 rings (SSSR count). The fraction of sp³-hybridized carbons (Fsp3) is 0. The number of rotatable bonds is 0. The van der Waals surface area contributed by atoms with Gasteiger partial charge < -0.3 is 0 Å². The van der Waals surface area contributed by atoms with Gasteiger partial charge in [0.05, 0.1) is 13.1 Å². The van der Waals surface area contributed by atoms with Crippen LogP contribution in [-0.2, 0) is 0 Å². The van der Waals surface area contributed by atoms with Gasteiger partial charge >= 0.3 is 0 Å². The molecule has 0 amide bonds. The van der Waals surface area contributed by atoms with Gasteiger partial charge in [0.2, 0.25) is 0 Å². The number of hydrogen-bond donors (Lipinski definition) is 0. The molecule has 0 atom stereocenters. The van der Waals surface area contributed by atoms with Gasteiger partial charge in [0, 0.05) is 0 Å². The quantitative estimate of drug-likeness (QED) is 0.376. The summed E-state index contributed by atoms with van der Waals surface area (Å²) in [5.74, 6) is -1.34. The topological polar surface area (TPSA) is 0 Å². The molecule has 0 saturated heterocycles. The smallest absolute Gasteiger partial charge is 0.155 e. The average Bonchev–Trinajstić information content (AvgIpc) is 1.97. The van der Waals surface area contributed by atoms with Crippen molar-refractivity contribution in [3.05, 3.63) is 30.8 Å². The normalized spacial score (nSPS) is 10.3. The minimum Gasteiger partial charge on any atom is -0.206 e. The molecular weight excluding hydrogens is 352 g/mol. The van der Waals surface area contributed by atoms with Crippen molar-refractivity contribution < 1.29 is 8.78 Å². The lowest BCUT2D eigenvalue weighted by Gasteiger charge is -2.00. The zero-order valence-corrected chi connectivity index (χ0v) is 9.47. The Morgan fingerprint density at radius 2 is 2.00 bits per heavy atom. The summed E-state index contributed by atoms with van der Waals surface area (Å²) in [5.41, 5.74) is 0. The van der Waals surface area contributed by atoms with Crippen LogP contribution in [0.5, 0.6) is 0 Å². The first-order valence-corrected chi connectivity index (χ1v) is 4.77. The van der Waals surface area contributed by atoms with Crippen molar-refractivity contribution >= 4 is 50.1 Å². The molecule has 0 nitrogen and oxygen atoms in total. The SMILES string of the molecule is Fc1cc(Cl)c(I)c(F)c1Br. The van der Waals surface area contributed by atoms with Gasteiger partial charge in [-0.05, 0) is 44.6 Å². The van der Waals surface area contributed by atoms with Gasteiger partial charge in [-0.2, -0.15) is 0 Å². The zero-order valence-electron chi connectivity index (χ0n) is 4.97. The Balaban J connectivity index is 3.46. The van der Waals surface area contributed by atoms with E-state index in [4.69, 9.17) is 11.6 Å². The molecule has 0 spiro atoms. The Hall–Kier alpha value is 0.580. The number of hydrogen-bond acceptors (Lipinski definition) is 0. The van der Waals surface area contributed by atoms with E-state index >= 15 is 0 Å². The van der Waals surface area contributed by atoms with Gasteiger partial charge in [0.1, 0.15) is 5.82 Å². The third-order valence-corrected chi connectivity index (χ3v) is 3.46. The van der Waals surface area contributed by atoms with Crippen LogP contribution >= 0.6 is 50.1 Å². The Morgan fingerprint density at radius 1 is 1.45 bits per heavy atom. The summed E-state index contributed by atoms with van der Waals surface area (Å²) in [4.78, 5) is 0. The molecule has 0 radical (unpaired) electrons. The molecular formula is C6HBrClF2I. The van der Waals surface area contributed by atoms with Crippen LogP contribution in [0.25, 0.3) is 0 Å². The van der Waals surface area contributed by atoms with E-state index in [1.807, 2.05) is 0 Å². The third-order valence-electron chi connectivity index (χ3n) is 1.06. The van der Waals surface area contributed by atoms with Crippen LogP contribution in [0.1, 0.15) is 0 Å². The molecule has 0 bridgehead atoms. The minimum atomic E-state index is -0.687. The maximum Gasteiger partial charge on any atom is 0.155 e. The molecule has 5 heteroatoms. The van der Waals surface area contributed by atoms with Crippen LogP contribution < -0.4 is 0 Å². The molecule has 0 N–H and O–H groups in total. The predicted octanol–water partition coefficient (Wildman–Crippen LogP) is 3.99. The van der Waals surface area contributed by atoms with Crippen LogP contribution in [-0.4, -0.2) is 0 Å². The fourth-order valence-electron chi connectivity index (χ4n) is 0.544. The summed E-state index contributed by atoms with van der Waals surface area (Å²) in [6, 6.07) is 1.07. The van der Waals surface area contributed by atoms with Crippen molar-refractivity contribution in [2.24, 2.45) is 0 Å². The van der Waals surface area contributed by atoms with Crippen molar-refractivity contribution in [3.8, 4) is 0 Å². The lowest BCUT2D eigenvalue weighted by Crippen LogP contribution is -1.89. The Kier molecular flexibility index (Phi) is 3.10. The van der Waals surface area contributed by atoms with E-state index in [1.54, 1.807) is 22.6 Å². The van der Waals surface area contributed by atoms with Crippen molar-refractivity contribution in [2.75, 3.05) is 0 Å². The van der Waals surface area contributed by atoms with Gasteiger partial charge in [-0.15, -0.1) is 0 Å². The summed E-state index contributed by atoms with van der Waals surface area (Å²) >= 11 is 9.94. The van der Waals surface area contributed by atoms with Crippen molar-refractivity contribution in [1.29, 1.82) is 0 Å². The molecule has 0 heterocycles. The van der Waals surface area contributed by atoms with Crippen molar-refractivity contribution in [1.82, 2.24) is 0 Å². The van der Waals surface area contributed by atoms with Crippen LogP contribution in [0, 0.1) is 15.2 Å². The second-order valence-corrected chi connectivity index (χ2v) is 4.06. The van der Waals surface area contributed by atoms with Crippen LogP contribution in [0.3, 0.4) is 0 Å². The summed E-state index contributed by atoms with van der Waals surface area (Å²) in [7, 11) is 0. The molecule has 0 aromatic heterocycles. The van der Waals surface area contributed by atoms with E-state index in [1.165, 1.54) is 0 Å². The van der Waals surface area contributed by atoms with Crippen LogP contribution in [0.4, 0.5) is 8.78 Å². The lowest BCUT2D eigenvalue weighted by atomic mass is 10.3. The average molecular weight is 353 g/mol. The second kappa shape index (κ2) is 3.53. The van der Waals surface area contributed by atoms with E-state index in [0.717, 1.165) is 6.07 Å². The molecule has 0 saturated carbocycles. The first kappa shape index (κ1) is 9.67. The maximum atomic E-state index is 12.9. The molecule has 0 aliphatic heterocycles. The number of halogens is 5. The maximum absolute atomic E-state index is 12.9. The Labute approximate surface area is 89.2 Å². The van der Waals surface area contributed by atoms with E-state index in [9.17, 15) is 8.78 Å². The van der Waals surface area contributed by atoms with E-state index in [0.29, 0.717) is 0 Å². The number of benzene rings is 1. The second-order valence-electron chi connectivity index (χ2n) is 1.78. The highest BCUT2D eigenvalue weighted by atomic mass is 127. The van der Waals surface area contributed by atoms with E-state index in [-0.39, 0.29) is 13.1 Å². The van der Waals surface area contributed by atoms with Gasteiger partial charge in [0.15, 0.2) is 5.82 Å². The largest absolute Gasteiger partial charge is 0.206 e. The molecule has 1 aromatic carbocycles. The van der Waals surface area contributed by atoms with Gasteiger partial charge in [-0.1, -0.05) is 11.6 Å². The monoisotopic (exact) mass is 352 g/mol. The fourth-order valence-corrected chi connectivity index (χ4v) is 1.83. The first-order chi connectivity index (χ1) is 5.04. The van der Waals surface area contributed by atoms with E-state index < -0.39 is 11.6 Å². The highest BCUT2D eigenvalue weighted by molar-refractivity contribution is 14.1. The predicted molar refractivity (Wildman–Crippen MR) is 51.8 cm³/mol. The van der Waals surface area contributed by atoms with Crippen molar-refractivity contribution in [2.45, 2.75) is 0 Å². The minimum absolute atomic E-state index is 0.0869. The van der Waals surface area contributed by atoms with Gasteiger partial charge in [-0.3, -0.25) is 0 Å². The lowest BCUT2D eigenvalue weighted by molar-refractivity contribution is 0.567. The summed E-state index contributed by atoms with van der Waals surface area (Å²) in [6.07, 6.45) is 0. The van der Waals surface area contributed by atoms with Crippen LogP contribution in [0.15, 0.2) is 10.5 Å². The highest BCUT2D eigenvalue weighted by Crippen LogP contribution is 2.29. The molecule has 1 aromatic rings. The van der Waals surface area contributed by atoms with Crippen molar-refractivity contribution in [3.63, 3.8) is 0 Å². The van der Waals surface area contributed by atoms with E-state index in [2.05, 4.69) is 15.9 Å². The summed E-state index contributed by atoms with van der Waals surface area (Å²) in [5, 5.41) is 0.0869. The molecule has 0 fully saturated rings. The molecule has 0 unspecified atom stereocenters. The molecule has 0 aliphatic carbocycles. The zero-order chi connectivity index (χ0) is 8.59. The van der Waals surface area contributed by atoms with Gasteiger partial charge in [-0.25, -0.2) is 8.78 Å². The first-order valence-electron chi connectivity index (χ1n) is 2.52. The Morgan fingerprint density at radius 3 is 2.55 bits per heavy atom. The van der Waals surface area contributed by atoms with Gasteiger partial charge in [0.25, 0.3) is 0 Å².